The predicted molar refractivity (Wildman–Crippen MR) is 117 cm³/mol. The van der Waals surface area contributed by atoms with Crippen molar-refractivity contribution >= 4 is 27.4 Å². The molecule has 1 saturated heterocycles. The fourth-order valence-electron chi connectivity index (χ4n) is 3.79. The molecule has 3 N–H and O–H groups in total. The van der Waals surface area contributed by atoms with Gasteiger partial charge >= 0.3 is 5.69 Å². The van der Waals surface area contributed by atoms with Crippen LogP contribution in [0.25, 0.3) is 0 Å². The minimum absolute atomic E-state index is 0.0639. The molecule has 30 heavy (non-hydrogen) atoms. The summed E-state index contributed by atoms with van der Waals surface area (Å²) in [4.78, 5) is 41.9. The SMILES string of the molecule is CCCCCN(C(=O)C1CCCN1S(C)(=O)=O)c1c(N)n(CCCC)c(=O)[nH]c1=O. The van der Waals surface area contributed by atoms with Gasteiger partial charge in [0.2, 0.25) is 15.9 Å². The average molecular weight is 444 g/mol. The van der Waals surface area contributed by atoms with Crippen molar-refractivity contribution in [3.8, 4) is 0 Å². The molecule has 1 fully saturated rings. The summed E-state index contributed by atoms with van der Waals surface area (Å²) in [5, 5.41) is 0. The maximum absolute atomic E-state index is 13.4. The lowest BCUT2D eigenvalue weighted by atomic mass is 10.1. The number of sulfonamides is 1. The number of nitrogen functional groups attached to an aromatic ring is 1. The number of nitrogens with one attached hydrogen (secondary N) is 1. The van der Waals surface area contributed by atoms with Crippen molar-refractivity contribution in [3.05, 3.63) is 20.8 Å². The maximum Gasteiger partial charge on any atom is 0.330 e. The Hall–Kier alpha value is -2.14. The molecule has 1 atom stereocenters. The van der Waals surface area contributed by atoms with Crippen LogP contribution in [-0.2, 0) is 21.4 Å². The number of nitrogens with two attached hydrogens (primary N) is 1. The highest BCUT2D eigenvalue weighted by Crippen LogP contribution is 2.26. The van der Waals surface area contributed by atoms with E-state index in [4.69, 9.17) is 5.73 Å². The lowest BCUT2D eigenvalue weighted by molar-refractivity contribution is -0.121. The van der Waals surface area contributed by atoms with Gasteiger partial charge in [-0.1, -0.05) is 33.1 Å². The molecule has 2 rings (SSSR count). The Kier molecular flexibility index (Phi) is 8.25. The van der Waals surface area contributed by atoms with E-state index in [-0.39, 0.29) is 24.6 Å². The summed E-state index contributed by atoms with van der Waals surface area (Å²) in [5.74, 6) is -0.544. The zero-order valence-corrected chi connectivity index (χ0v) is 18.8. The summed E-state index contributed by atoms with van der Waals surface area (Å²) in [6, 6.07) is -0.878. The molecule has 1 unspecified atom stereocenters. The summed E-state index contributed by atoms with van der Waals surface area (Å²) in [7, 11) is -3.57. The molecule has 1 aliphatic heterocycles. The van der Waals surface area contributed by atoms with Gasteiger partial charge in [-0.2, -0.15) is 4.31 Å². The third-order valence-electron chi connectivity index (χ3n) is 5.39. The second-order valence-electron chi connectivity index (χ2n) is 7.73. The fraction of sp³-hybridized carbons (Fsp3) is 0.737. The van der Waals surface area contributed by atoms with Crippen molar-refractivity contribution < 1.29 is 13.2 Å². The summed E-state index contributed by atoms with van der Waals surface area (Å²) < 4.78 is 26.7. The van der Waals surface area contributed by atoms with Crippen LogP contribution in [0.15, 0.2) is 9.59 Å². The molecule has 1 aromatic rings. The fourth-order valence-corrected chi connectivity index (χ4v) is 4.91. The molecule has 10 nitrogen and oxygen atoms in total. The van der Waals surface area contributed by atoms with E-state index in [9.17, 15) is 22.8 Å². The predicted octanol–water partition coefficient (Wildman–Crippen LogP) is 0.866. The summed E-state index contributed by atoms with van der Waals surface area (Å²) in [6.45, 7) is 4.79. The van der Waals surface area contributed by atoms with Gasteiger partial charge in [0.25, 0.3) is 5.56 Å². The molecule has 1 amide bonds. The topological polar surface area (TPSA) is 139 Å². The van der Waals surface area contributed by atoms with E-state index in [2.05, 4.69) is 4.98 Å². The summed E-state index contributed by atoms with van der Waals surface area (Å²) in [6.07, 6.45) is 5.89. The lowest BCUT2D eigenvalue weighted by Gasteiger charge is -2.30. The Bertz CT molecular complexity index is 969. The van der Waals surface area contributed by atoms with Crippen LogP contribution >= 0.6 is 0 Å². The molecule has 0 saturated carbocycles. The Morgan fingerprint density at radius 2 is 1.87 bits per heavy atom. The van der Waals surface area contributed by atoms with E-state index < -0.39 is 33.2 Å². The highest BCUT2D eigenvalue weighted by Gasteiger charge is 2.40. The molecule has 0 radical (unpaired) electrons. The third kappa shape index (κ3) is 5.31. The Morgan fingerprint density at radius 1 is 1.20 bits per heavy atom. The number of hydrogen-bond donors (Lipinski definition) is 2. The second kappa shape index (κ2) is 10.3. The Balaban J connectivity index is 2.53. The first-order valence-corrected chi connectivity index (χ1v) is 12.4. The standard InChI is InChI=1S/C19H33N5O5S/c1-4-6-8-12-22(18(26)14-10-9-13-24(14)30(3,28)29)15-16(20)23(11-7-5-2)19(27)21-17(15)25/h14H,4-13,20H2,1-3H3,(H,21,25,27). The number of aromatic amines is 1. The number of hydrogen-bond acceptors (Lipinski definition) is 6. The van der Waals surface area contributed by atoms with Crippen molar-refractivity contribution in [1.29, 1.82) is 0 Å². The minimum Gasteiger partial charge on any atom is -0.383 e. The zero-order chi connectivity index (χ0) is 22.5. The van der Waals surface area contributed by atoms with Crippen LogP contribution in [0.1, 0.15) is 58.8 Å². The quantitative estimate of drug-likeness (QED) is 0.514. The van der Waals surface area contributed by atoms with Crippen LogP contribution in [0, 0.1) is 0 Å². The van der Waals surface area contributed by atoms with Crippen molar-refractivity contribution in [2.24, 2.45) is 0 Å². The van der Waals surface area contributed by atoms with Gasteiger partial charge in [0.05, 0.1) is 6.26 Å². The van der Waals surface area contributed by atoms with Gasteiger partial charge in [-0.3, -0.25) is 19.1 Å². The molecule has 11 heteroatoms. The van der Waals surface area contributed by atoms with Gasteiger partial charge in [-0.05, 0) is 25.7 Å². The van der Waals surface area contributed by atoms with Gasteiger partial charge in [0, 0.05) is 19.6 Å². The smallest absolute Gasteiger partial charge is 0.330 e. The van der Waals surface area contributed by atoms with E-state index in [0.717, 1.165) is 25.5 Å². The second-order valence-corrected chi connectivity index (χ2v) is 9.66. The van der Waals surface area contributed by atoms with Crippen molar-refractivity contribution in [2.45, 2.75) is 71.4 Å². The van der Waals surface area contributed by atoms with Gasteiger partial charge in [-0.15, -0.1) is 0 Å². The van der Waals surface area contributed by atoms with Crippen LogP contribution in [0.3, 0.4) is 0 Å². The van der Waals surface area contributed by atoms with Crippen LogP contribution < -0.4 is 21.9 Å². The third-order valence-corrected chi connectivity index (χ3v) is 6.67. The monoisotopic (exact) mass is 443 g/mol. The largest absolute Gasteiger partial charge is 0.383 e. The normalized spacial score (nSPS) is 17.4. The molecular formula is C19H33N5O5S. The molecular weight excluding hydrogens is 410 g/mol. The molecule has 0 aromatic carbocycles. The maximum atomic E-state index is 13.4. The van der Waals surface area contributed by atoms with Crippen molar-refractivity contribution in [1.82, 2.24) is 13.9 Å². The number of carbonyl (C=O) groups excluding carboxylic acids is 1. The molecule has 2 heterocycles. The highest BCUT2D eigenvalue weighted by molar-refractivity contribution is 7.88. The van der Waals surface area contributed by atoms with Gasteiger partial charge in [-0.25, -0.2) is 13.2 Å². The van der Waals surface area contributed by atoms with Gasteiger partial charge in [0.15, 0.2) is 5.69 Å². The number of H-pyrrole nitrogens is 1. The van der Waals surface area contributed by atoms with Crippen LogP contribution in [-0.4, -0.2) is 53.6 Å². The van der Waals surface area contributed by atoms with E-state index in [1.54, 1.807) is 0 Å². The molecule has 0 aliphatic carbocycles. The average Bonchev–Trinajstić information content (AvgIpc) is 3.16. The zero-order valence-electron chi connectivity index (χ0n) is 18.0. The van der Waals surface area contributed by atoms with Crippen molar-refractivity contribution in [3.63, 3.8) is 0 Å². The highest BCUT2D eigenvalue weighted by atomic mass is 32.2. The number of amides is 1. The number of carbonyl (C=O) groups is 1. The summed E-state index contributed by atoms with van der Waals surface area (Å²) >= 11 is 0. The molecule has 0 spiro atoms. The number of anilines is 2. The van der Waals surface area contributed by atoms with Crippen LogP contribution in [0.5, 0.6) is 0 Å². The van der Waals surface area contributed by atoms with E-state index in [1.807, 2.05) is 13.8 Å². The van der Waals surface area contributed by atoms with E-state index in [1.165, 1.54) is 13.8 Å². The number of rotatable bonds is 10. The lowest BCUT2D eigenvalue weighted by Crippen LogP contribution is -2.50. The van der Waals surface area contributed by atoms with Crippen molar-refractivity contribution in [2.75, 3.05) is 30.0 Å². The molecule has 1 aromatic heterocycles. The van der Waals surface area contributed by atoms with Crippen LogP contribution in [0.2, 0.25) is 0 Å². The Morgan fingerprint density at radius 3 is 2.47 bits per heavy atom. The number of unbranched alkanes of at least 4 members (excludes halogenated alkanes) is 3. The summed E-state index contributed by atoms with van der Waals surface area (Å²) in [5.41, 5.74) is 4.77. The number of aromatic nitrogens is 2. The van der Waals surface area contributed by atoms with E-state index >= 15 is 0 Å². The molecule has 170 valence electrons. The minimum atomic E-state index is -3.57. The Labute approximate surface area is 177 Å². The first-order chi connectivity index (χ1) is 14.1. The van der Waals surface area contributed by atoms with Gasteiger partial charge in [0.1, 0.15) is 11.9 Å². The molecule has 1 aliphatic rings. The van der Waals surface area contributed by atoms with Gasteiger partial charge < -0.3 is 10.6 Å². The molecule has 0 bridgehead atoms. The van der Waals surface area contributed by atoms with Crippen LogP contribution in [0.4, 0.5) is 11.5 Å². The first kappa shape index (κ1) is 24.1. The first-order valence-electron chi connectivity index (χ1n) is 10.5. The van der Waals surface area contributed by atoms with E-state index in [0.29, 0.717) is 32.2 Å². The number of nitrogens with zero attached hydrogens (tertiary/aromatic N) is 3.